The molecule has 76 valence electrons. The van der Waals surface area contributed by atoms with Gasteiger partial charge in [-0.15, -0.1) is 23.7 Å². The number of rotatable bonds is 3. The van der Waals surface area contributed by atoms with Crippen LogP contribution < -0.4 is 5.73 Å². The van der Waals surface area contributed by atoms with Crippen molar-refractivity contribution in [3.05, 3.63) is 20.8 Å². The Balaban J connectivity index is 0.00000144. The molecule has 0 aliphatic heterocycles. The van der Waals surface area contributed by atoms with E-state index < -0.39 is 0 Å². The van der Waals surface area contributed by atoms with Gasteiger partial charge in [-0.1, -0.05) is 13.8 Å². The summed E-state index contributed by atoms with van der Waals surface area (Å²) in [5, 5.41) is 2.08. The van der Waals surface area contributed by atoms with Crippen molar-refractivity contribution in [3.8, 4) is 0 Å². The van der Waals surface area contributed by atoms with Gasteiger partial charge in [0.25, 0.3) is 0 Å². The molecule has 1 heterocycles. The van der Waals surface area contributed by atoms with Crippen LogP contribution in [0.3, 0.4) is 0 Å². The van der Waals surface area contributed by atoms with E-state index in [1.165, 1.54) is 4.88 Å². The molecule has 1 atom stereocenters. The van der Waals surface area contributed by atoms with Crippen LogP contribution in [-0.2, 0) is 0 Å². The quantitative estimate of drug-likeness (QED) is 0.893. The second-order valence-corrected chi connectivity index (χ2v) is 5.26. The highest BCUT2D eigenvalue weighted by Gasteiger charge is 2.09. The maximum Gasteiger partial charge on any atom is 0.0392 e. The van der Waals surface area contributed by atoms with Gasteiger partial charge in [0.2, 0.25) is 0 Å². The van der Waals surface area contributed by atoms with Gasteiger partial charge in [0.15, 0.2) is 0 Å². The van der Waals surface area contributed by atoms with E-state index in [2.05, 4.69) is 41.2 Å². The molecule has 0 aliphatic rings. The third-order valence-corrected chi connectivity index (χ3v) is 3.50. The van der Waals surface area contributed by atoms with Crippen molar-refractivity contribution in [3.63, 3.8) is 0 Å². The number of halogens is 2. The van der Waals surface area contributed by atoms with Crippen molar-refractivity contribution in [2.24, 2.45) is 11.7 Å². The van der Waals surface area contributed by atoms with Crippen molar-refractivity contribution in [1.29, 1.82) is 0 Å². The van der Waals surface area contributed by atoms with E-state index in [0.717, 1.165) is 10.9 Å². The second kappa shape index (κ2) is 6.02. The molecule has 1 nitrogen and oxygen atoms in total. The first-order valence-corrected chi connectivity index (χ1v) is 5.76. The van der Waals surface area contributed by atoms with Gasteiger partial charge in [-0.25, -0.2) is 0 Å². The molecule has 0 aromatic carbocycles. The zero-order valence-electron chi connectivity index (χ0n) is 7.79. The molecule has 4 heteroatoms. The molecule has 0 amide bonds. The summed E-state index contributed by atoms with van der Waals surface area (Å²) in [5.41, 5.74) is 6.00. The van der Waals surface area contributed by atoms with Crippen molar-refractivity contribution >= 4 is 39.7 Å². The molecule has 0 radical (unpaired) electrons. The molecule has 0 saturated heterocycles. The van der Waals surface area contributed by atoms with Crippen LogP contribution in [-0.4, -0.2) is 0 Å². The van der Waals surface area contributed by atoms with Gasteiger partial charge in [0.05, 0.1) is 0 Å². The molecule has 1 aromatic rings. The smallest absolute Gasteiger partial charge is 0.0392 e. The van der Waals surface area contributed by atoms with E-state index >= 15 is 0 Å². The summed E-state index contributed by atoms with van der Waals surface area (Å²) in [4.78, 5) is 1.27. The summed E-state index contributed by atoms with van der Waals surface area (Å²) in [6.07, 6.45) is 1.06. The highest BCUT2D eigenvalue weighted by Crippen LogP contribution is 2.27. The summed E-state index contributed by atoms with van der Waals surface area (Å²) in [7, 11) is 0. The van der Waals surface area contributed by atoms with Gasteiger partial charge in [0.1, 0.15) is 0 Å². The Labute approximate surface area is 98.3 Å². The molecule has 1 aromatic heterocycles. The van der Waals surface area contributed by atoms with E-state index in [-0.39, 0.29) is 18.4 Å². The van der Waals surface area contributed by atoms with Gasteiger partial charge >= 0.3 is 0 Å². The maximum absolute atomic E-state index is 6.00. The second-order valence-electron chi connectivity index (χ2n) is 3.40. The normalized spacial score (nSPS) is 12.7. The molecule has 2 N–H and O–H groups in total. The van der Waals surface area contributed by atoms with E-state index in [1.54, 1.807) is 11.3 Å². The van der Waals surface area contributed by atoms with Crippen molar-refractivity contribution < 1.29 is 0 Å². The van der Waals surface area contributed by atoms with Crippen molar-refractivity contribution in [1.82, 2.24) is 0 Å². The topological polar surface area (TPSA) is 26.0 Å². The molecular weight excluding hydrogens is 270 g/mol. The standard InChI is InChI=1S/C9H14BrNS.ClH/c1-6(2)3-8(11)9-4-7(10)5-12-9;/h4-6,8H,3,11H2,1-2H3;1H/t8-;/m0./s1. The first-order chi connectivity index (χ1) is 5.59. The van der Waals surface area contributed by atoms with Crippen LogP contribution >= 0.6 is 39.7 Å². The van der Waals surface area contributed by atoms with E-state index in [4.69, 9.17) is 5.73 Å². The molecule has 0 bridgehead atoms. The van der Waals surface area contributed by atoms with Crippen LogP contribution in [0.4, 0.5) is 0 Å². The minimum atomic E-state index is 0. The lowest BCUT2D eigenvalue weighted by atomic mass is 10.0. The van der Waals surface area contributed by atoms with Crippen LogP contribution in [0.1, 0.15) is 31.2 Å². The lowest BCUT2D eigenvalue weighted by Gasteiger charge is -2.11. The summed E-state index contributed by atoms with van der Waals surface area (Å²) >= 11 is 5.15. The van der Waals surface area contributed by atoms with Crippen molar-refractivity contribution in [2.75, 3.05) is 0 Å². The Hall–Kier alpha value is 0.430. The molecule has 1 rings (SSSR count). The first-order valence-electron chi connectivity index (χ1n) is 4.09. The predicted molar refractivity (Wildman–Crippen MR) is 65.7 cm³/mol. The van der Waals surface area contributed by atoms with Gasteiger partial charge in [-0.3, -0.25) is 0 Å². The van der Waals surface area contributed by atoms with Crippen LogP contribution in [0.25, 0.3) is 0 Å². The molecule has 0 fully saturated rings. The summed E-state index contributed by atoms with van der Waals surface area (Å²) in [6.45, 7) is 4.39. The Morgan fingerprint density at radius 2 is 2.15 bits per heavy atom. The lowest BCUT2D eigenvalue weighted by molar-refractivity contribution is 0.515. The fourth-order valence-corrected chi connectivity index (χ4v) is 2.61. The lowest BCUT2D eigenvalue weighted by Crippen LogP contribution is -2.11. The maximum atomic E-state index is 6.00. The largest absolute Gasteiger partial charge is 0.323 e. The fraction of sp³-hybridized carbons (Fsp3) is 0.556. The third kappa shape index (κ3) is 4.45. The van der Waals surface area contributed by atoms with E-state index in [1.807, 2.05) is 0 Å². The zero-order chi connectivity index (χ0) is 9.14. The predicted octanol–water partition coefficient (Wildman–Crippen LogP) is 3.98. The highest BCUT2D eigenvalue weighted by atomic mass is 79.9. The number of thiophene rings is 1. The van der Waals surface area contributed by atoms with E-state index in [0.29, 0.717) is 5.92 Å². The van der Waals surface area contributed by atoms with E-state index in [9.17, 15) is 0 Å². The Kier molecular flexibility index (Phi) is 6.21. The van der Waals surface area contributed by atoms with Gasteiger partial charge in [-0.2, -0.15) is 0 Å². The summed E-state index contributed by atoms with van der Waals surface area (Å²) in [5.74, 6) is 0.667. The van der Waals surface area contributed by atoms with Gasteiger partial charge in [0, 0.05) is 20.8 Å². The molecule has 0 spiro atoms. The van der Waals surface area contributed by atoms with Crippen LogP contribution in [0.5, 0.6) is 0 Å². The Morgan fingerprint density at radius 3 is 2.54 bits per heavy atom. The minimum Gasteiger partial charge on any atom is -0.323 e. The first kappa shape index (κ1) is 13.4. The molecule has 0 aliphatic carbocycles. The average molecular weight is 285 g/mol. The van der Waals surface area contributed by atoms with Gasteiger partial charge < -0.3 is 5.73 Å². The zero-order valence-corrected chi connectivity index (χ0v) is 11.0. The molecule has 13 heavy (non-hydrogen) atoms. The fourth-order valence-electron chi connectivity index (χ4n) is 1.15. The molecular formula is C9H15BrClNS. The SMILES string of the molecule is CC(C)C[C@H](N)c1cc(Br)cs1.Cl. The highest BCUT2D eigenvalue weighted by molar-refractivity contribution is 9.10. The van der Waals surface area contributed by atoms with Gasteiger partial charge in [-0.05, 0) is 34.3 Å². The summed E-state index contributed by atoms with van der Waals surface area (Å²) in [6, 6.07) is 2.32. The van der Waals surface area contributed by atoms with Crippen LogP contribution in [0.2, 0.25) is 0 Å². The minimum absolute atomic E-state index is 0. The molecule has 0 saturated carbocycles. The van der Waals surface area contributed by atoms with Crippen LogP contribution in [0.15, 0.2) is 15.9 Å². The summed E-state index contributed by atoms with van der Waals surface area (Å²) < 4.78 is 1.14. The number of nitrogens with two attached hydrogens (primary N) is 1. The Bertz CT molecular complexity index is 250. The third-order valence-electron chi connectivity index (χ3n) is 1.68. The average Bonchev–Trinajstić information content (AvgIpc) is 2.34. The number of hydrogen-bond donors (Lipinski definition) is 1. The van der Waals surface area contributed by atoms with Crippen LogP contribution in [0, 0.1) is 5.92 Å². The monoisotopic (exact) mass is 283 g/mol. The number of hydrogen-bond acceptors (Lipinski definition) is 2. The van der Waals surface area contributed by atoms with Crippen molar-refractivity contribution in [2.45, 2.75) is 26.3 Å². The molecule has 0 unspecified atom stereocenters. The Morgan fingerprint density at radius 1 is 1.54 bits per heavy atom.